The summed E-state index contributed by atoms with van der Waals surface area (Å²) in [6, 6.07) is 5.35. The number of nitrogens with zero attached hydrogens (tertiary/aromatic N) is 3. The van der Waals surface area contributed by atoms with Gasteiger partial charge >= 0.3 is 0 Å². The van der Waals surface area contributed by atoms with Gasteiger partial charge in [-0.1, -0.05) is 6.07 Å². The average Bonchev–Trinajstić information content (AvgIpc) is 2.34. The molecule has 0 bridgehead atoms. The van der Waals surface area contributed by atoms with Gasteiger partial charge in [-0.15, -0.1) is 22.5 Å². The van der Waals surface area contributed by atoms with Crippen LogP contribution in [0, 0.1) is 12.3 Å². The summed E-state index contributed by atoms with van der Waals surface area (Å²) < 4.78 is 0. The van der Waals surface area contributed by atoms with Crippen LogP contribution in [-0.2, 0) is 0 Å². The Hall–Kier alpha value is -2.35. The molecule has 0 unspecified atom stereocenters. The predicted molar refractivity (Wildman–Crippen MR) is 64.7 cm³/mol. The van der Waals surface area contributed by atoms with Crippen molar-refractivity contribution in [1.82, 2.24) is 4.98 Å². The van der Waals surface area contributed by atoms with Crippen LogP contribution in [0.15, 0.2) is 34.6 Å². The zero-order chi connectivity index (χ0) is 11.8. The normalized spacial score (nSPS) is 12.2. The zero-order valence-corrected chi connectivity index (χ0v) is 8.80. The van der Waals surface area contributed by atoms with E-state index in [1.165, 1.54) is 0 Å². The first kappa shape index (κ1) is 11.7. The van der Waals surface area contributed by atoms with Gasteiger partial charge in [-0.2, -0.15) is 0 Å². The lowest BCUT2D eigenvalue weighted by molar-refractivity contribution is 1.07. The number of amidine groups is 2. The molecular formula is C11H13N5. The summed E-state index contributed by atoms with van der Waals surface area (Å²) in [6.45, 7) is 0. The molecule has 5 heteroatoms. The standard InChI is InChI=1S/C11H13N5/c1-2-3-7-10(12)15-16-11(13)9-6-4-5-8-14-9/h1,4-6,8H,3,7H2,(H2,12,15)(H2,13,16). The van der Waals surface area contributed by atoms with Gasteiger partial charge in [-0.3, -0.25) is 4.98 Å². The van der Waals surface area contributed by atoms with Crippen LogP contribution in [0.4, 0.5) is 0 Å². The second-order valence-electron chi connectivity index (χ2n) is 3.00. The molecule has 0 aliphatic carbocycles. The Balaban J connectivity index is 2.68. The fraction of sp³-hybridized carbons (Fsp3) is 0.182. The smallest absolute Gasteiger partial charge is 0.172 e. The van der Waals surface area contributed by atoms with Crippen molar-refractivity contribution in [2.75, 3.05) is 0 Å². The highest BCUT2D eigenvalue weighted by atomic mass is 15.3. The number of hydrogen-bond donors (Lipinski definition) is 2. The van der Waals surface area contributed by atoms with E-state index < -0.39 is 0 Å². The van der Waals surface area contributed by atoms with Crippen LogP contribution in [-0.4, -0.2) is 16.7 Å². The molecule has 82 valence electrons. The molecule has 1 rings (SSSR count). The lowest BCUT2D eigenvalue weighted by atomic mass is 10.3. The lowest BCUT2D eigenvalue weighted by Crippen LogP contribution is -2.16. The van der Waals surface area contributed by atoms with Crippen molar-refractivity contribution < 1.29 is 0 Å². The molecule has 4 N–H and O–H groups in total. The van der Waals surface area contributed by atoms with Crippen molar-refractivity contribution >= 4 is 11.7 Å². The first-order valence-electron chi connectivity index (χ1n) is 4.74. The topological polar surface area (TPSA) is 89.6 Å². The maximum atomic E-state index is 5.66. The molecule has 0 saturated carbocycles. The van der Waals surface area contributed by atoms with Crippen LogP contribution >= 0.6 is 0 Å². The van der Waals surface area contributed by atoms with E-state index in [-0.39, 0.29) is 5.84 Å². The van der Waals surface area contributed by atoms with Crippen molar-refractivity contribution in [3.63, 3.8) is 0 Å². The highest BCUT2D eigenvalue weighted by Gasteiger charge is 1.97. The molecule has 1 aromatic rings. The van der Waals surface area contributed by atoms with Gasteiger partial charge in [0.2, 0.25) is 0 Å². The van der Waals surface area contributed by atoms with E-state index in [9.17, 15) is 0 Å². The summed E-state index contributed by atoms with van der Waals surface area (Å²) in [5, 5.41) is 7.53. The van der Waals surface area contributed by atoms with E-state index in [1.54, 1.807) is 18.3 Å². The minimum absolute atomic E-state index is 0.226. The molecule has 0 fully saturated rings. The molecule has 0 aliphatic heterocycles. The maximum Gasteiger partial charge on any atom is 0.172 e. The summed E-state index contributed by atoms with van der Waals surface area (Å²) >= 11 is 0. The van der Waals surface area contributed by atoms with Crippen LogP contribution in [0.1, 0.15) is 18.5 Å². The van der Waals surface area contributed by atoms with Gasteiger partial charge in [0.05, 0.1) is 0 Å². The first-order chi connectivity index (χ1) is 7.74. The largest absolute Gasteiger partial charge is 0.386 e. The SMILES string of the molecule is C#CCC/C(N)=N/N=C(\N)c1ccccn1. The summed E-state index contributed by atoms with van der Waals surface area (Å²) in [7, 11) is 0. The van der Waals surface area contributed by atoms with Gasteiger partial charge in [-0.05, 0) is 12.1 Å². The number of aromatic nitrogens is 1. The molecule has 5 nitrogen and oxygen atoms in total. The number of nitrogens with two attached hydrogens (primary N) is 2. The van der Waals surface area contributed by atoms with Gasteiger partial charge in [0, 0.05) is 19.0 Å². The van der Waals surface area contributed by atoms with Gasteiger partial charge in [0.15, 0.2) is 5.84 Å². The summed E-state index contributed by atoms with van der Waals surface area (Å²) in [5.41, 5.74) is 11.8. The van der Waals surface area contributed by atoms with Crippen molar-refractivity contribution in [3.8, 4) is 12.3 Å². The molecule has 0 aromatic carbocycles. The Morgan fingerprint density at radius 3 is 2.81 bits per heavy atom. The summed E-state index contributed by atoms with van der Waals surface area (Å²) in [5.74, 6) is 3.05. The van der Waals surface area contributed by atoms with Crippen molar-refractivity contribution in [1.29, 1.82) is 0 Å². The van der Waals surface area contributed by atoms with E-state index in [2.05, 4.69) is 21.1 Å². The van der Waals surface area contributed by atoms with E-state index in [0.717, 1.165) is 0 Å². The van der Waals surface area contributed by atoms with Crippen LogP contribution in [0.5, 0.6) is 0 Å². The minimum Gasteiger partial charge on any atom is -0.386 e. The summed E-state index contributed by atoms with van der Waals surface area (Å²) in [4.78, 5) is 4.02. The zero-order valence-electron chi connectivity index (χ0n) is 8.80. The number of rotatable bonds is 4. The second kappa shape index (κ2) is 6.19. The Labute approximate surface area is 94.3 Å². The molecule has 1 aromatic heterocycles. The molecule has 0 spiro atoms. The Kier molecular flexibility index (Phi) is 4.54. The molecule has 0 saturated heterocycles. The maximum absolute atomic E-state index is 5.66. The monoisotopic (exact) mass is 215 g/mol. The van der Waals surface area contributed by atoms with E-state index >= 15 is 0 Å². The Morgan fingerprint density at radius 2 is 2.19 bits per heavy atom. The third-order valence-electron chi connectivity index (χ3n) is 1.74. The van der Waals surface area contributed by atoms with E-state index in [0.29, 0.717) is 24.4 Å². The molecular weight excluding hydrogens is 202 g/mol. The van der Waals surface area contributed by atoms with E-state index in [1.807, 2.05) is 6.07 Å². The number of pyridine rings is 1. The highest BCUT2D eigenvalue weighted by molar-refractivity contribution is 5.96. The Bertz CT molecular complexity index is 427. The quantitative estimate of drug-likeness (QED) is 0.331. The lowest BCUT2D eigenvalue weighted by Gasteiger charge is -1.97. The third-order valence-corrected chi connectivity index (χ3v) is 1.74. The van der Waals surface area contributed by atoms with Gasteiger partial charge in [-0.25, -0.2) is 0 Å². The van der Waals surface area contributed by atoms with Gasteiger partial charge < -0.3 is 11.5 Å². The van der Waals surface area contributed by atoms with Gasteiger partial charge in [0.25, 0.3) is 0 Å². The average molecular weight is 215 g/mol. The number of hydrogen-bond acceptors (Lipinski definition) is 3. The first-order valence-corrected chi connectivity index (χ1v) is 4.74. The predicted octanol–water partition coefficient (Wildman–Crippen LogP) is 0.472. The van der Waals surface area contributed by atoms with Gasteiger partial charge in [0.1, 0.15) is 11.5 Å². The fourth-order valence-corrected chi connectivity index (χ4v) is 0.934. The fourth-order valence-electron chi connectivity index (χ4n) is 0.934. The molecule has 0 atom stereocenters. The van der Waals surface area contributed by atoms with Crippen LogP contribution < -0.4 is 11.5 Å². The number of terminal acetylenes is 1. The van der Waals surface area contributed by atoms with E-state index in [4.69, 9.17) is 17.9 Å². The van der Waals surface area contributed by atoms with Crippen molar-refractivity contribution in [2.24, 2.45) is 21.7 Å². The van der Waals surface area contributed by atoms with Crippen LogP contribution in [0.3, 0.4) is 0 Å². The molecule has 0 aliphatic rings. The highest BCUT2D eigenvalue weighted by Crippen LogP contribution is 1.94. The Morgan fingerprint density at radius 1 is 1.38 bits per heavy atom. The van der Waals surface area contributed by atoms with Crippen LogP contribution in [0.2, 0.25) is 0 Å². The second-order valence-corrected chi connectivity index (χ2v) is 3.00. The van der Waals surface area contributed by atoms with Crippen molar-refractivity contribution in [2.45, 2.75) is 12.8 Å². The van der Waals surface area contributed by atoms with Crippen molar-refractivity contribution in [3.05, 3.63) is 30.1 Å². The third kappa shape index (κ3) is 3.80. The molecule has 0 radical (unpaired) electrons. The molecule has 1 heterocycles. The molecule has 0 amide bonds. The van der Waals surface area contributed by atoms with Crippen LogP contribution in [0.25, 0.3) is 0 Å². The molecule has 16 heavy (non-hydrogen) atoms. The summed E-state index contributed by atoms with van der Waals surface area (Å²) in [6.07, 6.45) is 7.77. The minimum atomic E-state index is 0.226.